The minimum atomic E-state index is -0.121. The first-order valence-electron chi connectivity index (χ1n) is 17.2. The maximum atomic E-state index is 13.6. The molecule has 9 unspecified atom stereocenters. The smallest absolute Gasteiger partial charge is 0.311 e. The summed E-state index contributed by atoms with van der Waals surface area (Å²) >= 11 is 0. The third kappa shape index (κ3) is 5.20. The normalized spacial score (nSPS) is 46.1. The molecule has 0 radical (unpaired) electrons. The number of esters is 2. The zero-order valence-corrected chi connectivity index (χ0v) is 26.7. The molecule has 41 heavy (non-hydrogen) atoms. The largest absolute Gasteiger partial charge is 0.462 e. The Hall–Kier alpha value is -1.10. The number of ether oxygens (including phenoxy) is 3. The van der Waals surface area contributed by atoms with E-state index in [1.165, 1.54) is 44.9 Å². The lowest BCUT2D eigenvalue weighted by atomic mass is 9.50. The van der Waals surface area contributed by atoms with Crippen molar-refractivity contribution in [3.8, 4) is 0 Å². The van der Waals surface area contributed by atoms with E-state index < -0.39 is 0 Å². The molecule has 0 spiro atoms. The molecule has 8 aliphatic rings. The lowest BCUT2D eigenvalue weighted by Gasteiger charge is -2.56. The number of rotatable bonds is 8. The average molecular weight is 569 g/mol. The molecule has 8 aliphatic carbocycles. The van der Waals surface area contributed by atoms with Crippen LogP contribution in [0.2, 0.25) is 0 Å². The van der Waals surface area contributed by atoms with E-state index in [4.69, 9.17) is 14.2 Å². The van der Waals surface area contributed by atoms with Gasteiger partial charge in [0, 0.05) is 0 Å². The molecule has 0 aliphatic heterocycles. The van der Waals surface area contributed by atoms with E-state index in [0.717, 1.165) is 56.0 Å². The zero-order chi connectivity index (χ0) is 28.9. The Morgan fingerprint density at radius 3 is 2.00 bits per heavy atom. The van der Waals surface area contributed by atoms with Gasteiger partial charge in [-0.1, -0.05) is 41.5 Å². The highest BCUT2D eigenvalue weighted by molar-refractivity contribution is 5.74. The highest BCUT2D eigenvalue weighted by atomic mass is 16.7. The Bertz CT molecular complexity index is 998. The van der Waals surface area contributed by atoms with Crippen molar-refractivity contribution in [2.45, 2.75) is 118 Å². The Morgan fingerprint density at radius 1 is 0.780 bits per heavy atom. The van der Waals surface area contributed by atoms with Crippen LogP contribution in [0.25, 0.3) is 0 Å². The average Bonchev–Trinajstić information content (AvgIpc) is 3.62. The predicted molar refractivity (Wildman–Crippen MR) is 157 cm³/mol. The summed E-state index contributed by atoms with van der Waals surface area (Å²) in [6.45, 7) is 14.0. The van der Waals surface area contributed by atoms with Crippen LogP contribution < -0.4 is 0 Å². The topological polar surface area (TPSA) is 61.8 Å². The van der Waals surface area contributed by atoms with Crippen LogP contribution in [0.5, 0.6) is 0 Å². The van der Waals surface area contributed by atoms with E-state index in [1.807, 2.05) is 0 Å². The summed E-state index contributed by atoms with van der Waals surface area (Å²) in [5.74, 6) is 5.98. The molecule has 8 bridgehead atoms. The number of hydrogen-bond donors (Lipinski definition) is 0. The highest BCUT2D eigenvalue weighted by Gasteiger charge is 2.66. The van der Waals surface area contributed by atoms with E-state index in [-0.39, 0.29) is 47.5 Å². The van der Waals surface area contributed by atoms with Gasteiger partial charge in [0.2, 0.25) is 0 Å². The van der Waals surface area contributed by atoms with E-state index in [2.05, 4.69) is 41.5 Å². The van der Waals surface area contributed by atoms with Crippen LogP contribution in [0.3, 0.4) is 0 Å². The fourth-order valence-corrected chi connectivity index (χ4v) is 12.5. The molecule has 0 aromatic rings. The predicted octanol–water partition coefficient (Wildman–Crippen LogP) is 7.66. The second kappa shape index (κ2) is 9.96. The lowest BCUT2D eigenvalue weighted by Crippen LogP contribution is -2.48. The van der Waals surface area contributed by atoms with E-state index in [9.17, 15) is 9.59 Å². The first kappa shape index (κ1) is 28.7. The Labute approximate surface area is 248 Å². The molecule has 0 heterocycles. The first-order chi connectivity index (χ1) is 19.3. The Morgan fingerprint density at radius 2 is 1.39 bits per heavy atom. The molecule has 0 amide bonds. The summed E-state index contributed by atoms with van der Waals surface area (Å²) in [5.41, 5.74) is 0.312. The lowest BCUT2D eigenvalue weighted by molar-refractivity contribution is -0.175. The summed E-state index contributed by atoms with van der Waals surface area (Å²) in [6.07, 6.45) is 13.5. The molecule has 5 nitrogen and oxygen atoms in total. The fourth-order valence-electron chi connectivity index (χ4n) is 12.5. The van der Waals surface area contributed by atoms with Crippen molar-refractivity contribution in [1.29, 1.82) is 0 Å². The minimum absolute atomic E-state index is 0.00295. The van der Waals surface area contributed by atoms with Gasteiger partial charge in [0.1, 0.15) is 6.10 Å². The summed E-state index contributed by atoms with van der Waals surface area (Å²) in [4.78, 5) is 26.9. The SMILES string of the molecule is CC(C)(C)CC(C(=O)OC1CC2CC1C1C3CC(CC3C(=O)OCOCC34CC5CC(CC(C5)C3)C4)C21)C(C)(C)C. The van der Waals surface area contributed by atoms with Crippen molar-refractivity contribution < 1.29 is 23.8 Å². The van der Waals surface area contributed by atoms with Gasteiger partial charge in [0.25, 0.3) is 0 Å². The van der Waals surface area contributed by atoms with E-state index >= 15 is 0 Å². The van der Waals surface area contributed by atoms with Crippen molar-refractivity contribution >= 4 is 11.9 Å². The molecule has 8 saturated carbocycles. The van der Waals surface area contributed by atoms with Crippen LogP contribution in [0.4, 0.5) is 0 Å². The summed E-state index contributed by atoms with van der Waals surface area (Å²) < 4.78 is 18.3. The van der Waals surface area contributed by atoms with Crippen LogP contribution >= 0.6 is 0 Å². The molecular weight excluding hydrogens is 512 g/mol. The van der Waals surface area contributed by atoms with Crippen molar-refractivity contribution in [1.82, 2.24) is 0 Å². The van der Waals surface area contributed by atoms with Crippen molar-refractivity contribution in [2.24, 2.45) is 81.3 Å². The Balaban J connectivity index is 0.933. The van der Waals surface area contributed by atoms with Crippen molar-refractivity contribution in [2.75, 3.05) is 13.4 Å². The van der Waals surface area contributed by atoms with Crippen LogP contribution in [-0.4, -0.2) is 31.4 Å². The highest BCUT2D eigenvalue weighted by Crippen LogP contribution is 2.69. The molecule has 8 fully saturated rings. The first-order valence-corrected chi connectivity index (χ1v) is 17.2. The number of hydrogen-bond acceptors (Lipinski definition) is 5. The maximum absolute atomic E-state index is 13.6. The molecule has 0 aromatic heterocycles. The van der Waals surface area contributed by atoms with Crippen LogP contribution in [0.15, 0.2) is 0 Å². The molecule has 230 valence electrons. The molecule has 0 saturated heterocycles. The van der Waals surface area contributed by atoms with Crippen LogP contribution in [0.1, 0.15) is 112 Å². The monoisotopic (exact) mass is 568 g/mol. The van der Waals surface area contributed by atoms with Gasteiger partial charge in [-0.05, 0) is 140 Å². The van der Waals surface area contributed by atoms with Gasteiger partial charge in [0.15, 0.2) is 6.79 Å². The molecule has 0 N–H and O–H groups in total. The summed E-state index contributed by atoms with van der Waals surface area (Å²) in [6, 6.07) is 0. The molecule has 0 aromatic carbocycles. The third-order valence-corrected chi connectivity index (χ3v) is 13.3. The number of carbonyl (C=O) groups is 2. The van der Waals surface area contributed by atoms with E-state index in [1.54, 1.807) is 0 Å². The molecule has 8 rings (SSSR count). The molecular formula is C36H56O5. The number of fused-ring (bicyclic) bond motifs is 9. The third-order valence-electron chi connectivity index (χ3n) is 13.3. The van der Waals surface area contributed by atoms with E-state index in [0.29, 0.717) is 35.0 Å². The zero-order valence-electron chi connectivity index (χ0n) is 26.7. The molecule has 9 atom stereocenters. The Kier molecular flexibility index (Phi) is 6.96. The second-order valence-electron chi connectivity index (χ2n) is 18.6. The summed E-state index contributed by atoms with van der Waals surface area (Å²) in [5, 5.41) is 0. The van der Waals surface area contributed by atoms with Gasteiger partial charge in [-0.3, -0.25) is 9.59 Å². The van der Waals surface area contributed by atoms with Gasteiger partial charge < -0.3 is 14.2 Å². The minimum Gasteiger partial charge on any atom is -0.462 e. The standard InChI is InChI=1S/C36H56O5/c1-34(2,3)17-28(35(4,5)6)33(38)41-29-13-24-12-27(29)31-25-10-23(30(24)31)11-26(25)32(37)40-19-39-18-36-14-20-7-21(15-36)9-22(8-20)16-36/h20-31H,7-19H2,1-6H3. The van der Waals surface area contributed by atoms with Gasteiger partial charge in [-0.2, -0.15) is 0 Å². The quantitative estimate of drug-likeness (QED) is 0.130. The van der Waals surface area contributed by atoms with Crippen molar-refractivity contribution in [3.05, 3.63) is 0 Å². The van der Waals surface area contributed by atoms with Crippen LogP contribution in [-0.2, 0) is 23.8 Å². The summed E-state index contributed by atoms with van der Waals surface area (Å²) in [7, 11) is 0. The van der Waals surface area contributed by atoms with Gasteiger partial charge in [0.05, 0.1) is 18.4 Å². The van der Waals surface area contributed by atoms with Gasteiger partial charge >= 0.3 is 11.9 Å². The second-order valence-corrected chi connectivity index (χ2v) is 18.6. The van der Waals surface area contributed by atoms with Crippen LogP contribution in [0, 0.1) is 81.3 Å². The van der Waals surface area contributed by atoms with Gasteiger partial charge in [-0.25, -0.2) is 0 Å². The molecule has 5 heteroatoms. The number of carbonyl (C=O) groups excluding carboxylic acids is 2. The maximum Gasteiger partial charge on any atom is 0.311 e. The van der Waals surface area contributed by atoms with Gasteiger partial charge in [-0.15, -0.1) is 0 Å². The van der Waals surface area contributed by atoms with Crippen molar-refractivity contribution in [3.63, 3.8) is 0 Å². The fraction of sp³-hybridized carbons (Fsp3) is 0.944.